The first-order valence-corrected chi connectivity index (χ1v) is 7.73. The monoisotopic (exact) mass is 300 g/mol. The Hall–Kier alpha value is -2.30. The molecule has 22 heavy (non-hydrogen) atoms. The van der Waals surface area contributed by atoms with Gasteiger partial charge in [0.1, 0.15) is 0 Å². The lowest BCUT2D eigenvalue weighted by molar-refractivity contribution is -0.142. The van der Waals surface area contributed by atoms with Gasteiger partial charge in [0.2, 0.25) is 0 Å². The average molecular weight is 300 g/mol. The van der Waals surface area contributed by atoms with Crippen LogP contribution in [0.2, 0.25) is 0 Å². The Morgan fingerprint density at radius 1 is 1.32 bits per heavy atom. The second kappa shape index (κ2) is 5.83. The van der Waals surface area contributed by atoms with Gasteiger partial charge >= 0.3 is 5.97 Å². The number of hydrogen-bond donors (Lipinski definition) is 2. The van der Waals surface area contributed by atoms with Crippen LogP contribution in [0.15, 0.2) is 30.5 Å². The number of para-hydroxylation sites is 1. The van der Waals surface area contributed by atoms with Gasteiger partial charge in [-0.3, -0.25) is 9.59 Å². The van der Waals surface area contributed by atoms with E-state index < -0.39 is 11.9 Å². The van der Waals surface area contributed by atoms with Gasteiger partial charge in [0, 0.05) is 29.7 Å². The van der Waals surface area contributed by atoms with Crippen molar-refractivity contribution in [2.75, 3.05) is 0 Å². The summed E-state index contributed by atoms with van der Waals surface area (Å²) in [5.41, 5.74) is 1.64. The maximum absolute atomic E-state index is 12.6. The van der Waals surface area contributed by atoms with Crippen LogP contribution in [0.25, 0.3) is 10.9 Å². The van der Waals surface area contributed by atoms with E-state index >= 15 is 0 Å². The number of carboxylic acid groups (broad SMARTS) is 1. The van der Waals surface area contributed by atoms with E-state index in [1.54, 1.807) is 0 Å². The number of carboxylic acids is 1. The molecule has 2 N–H and O–H groups in total. The Morgan fingerprint density at radius 3 is 2.82 bits per heavy atom. The number of carbonyl (C=O) groups excluding carboxylic acids is 1. The smallest absolute Gasteiger partial charge is 0.308 e. The summed E-state index contributed by atoms with van der Waals surface area (Å²) in [6.07, 6.45) is 4.06. The SMILES string of the molecule is CCn1cc(C(=O)N[C@@H]2CCC[C@@H]2C(=O)O)c2ccccc21. The maximum Gasteiger partial charge on any atom is 0.308 e. The number of carbonyl (C=O) groups is 2. The Labute approximate surface area is 128 Å². The zero-order valence-corrected chi connectivity index (χ0v) is 12.6. The highest BCUT2D eigenvalue weighted by Crippen LogP contribution is 2.27. The molecule has 1 fully saturated rings. The first kappa shape index (κ1) is 14.6. The molecule has 0 saturated heterocycles. The normalized spacial score (nSPS) is 21.1. The molecule has 1 saturated carbocycles. The Balaban J connectivity index is 1.88. The van der Waals surface area contributed by atoms with Crippen LogP contribution in [0, 0.1) is 5.92 Å². The topological polar surface area (TPSA) is 71.3 Å². The lowest BCUT2D eigenvalue weighted by Gasteiger charge is -2.17. The molecule has 1 aliphatic carbocycles. The molecule has 1 aromatic carbocycles. The summed E-state index contributed by atoms with van der Waals surface area (Å²) < 4.78 is 2.04. The summed E-state index contributed by atoms with van der Waals surface area (Å²) in [5.74, 6) is -1.47. The van der Waals surface area contributed by atoms with E-state index in [4.69, 9.17) is 0 Å². The molecule has 2 atom stereocenters. The third kappa shape index (κ3) is 2.47. The molecule has 0 spiro atoms. The highest BCUT2D eigenvalue weighted by Gasteiger charge is 2.34. The summed E-state index contributed by atoms with van der Waals surface area (Å²) in [6, 6.07) is 7.52. The molecule has 5 heteroatoms. The van der Waals surface area contributed by atoms with Crippen molar-refractivity contribution in [1.29, 1.82) is 0 Å². The van der Waals surface area contributed by atoms with Crippen molar-refractivity contribution in [3.8, 4) is 0 Å². The maximum atomic E-state index is 12.6. The number of benzene rings is 1. The predicted molar refractivity (Wildman–Crippen MR) is 83.8 cm³/mol. The van der Waals surface area contributed by atoms with E-state index in [0.29, 0.717) is 12.0 Å². The number of rotatable bonds is 4. The summed E-state index contributed by atoms with van der Waals surface area (Å²) >= 11 is 0. The number of aliphatic carboxylic acids is 1. The molecule has 1 aromatic heterocycles. The molecule has 2 aromatic rings. The van der Waals surface area contributed by atoms with Crippen molar-refractivity contribution in [3.63, 3.8) is 0 Å². The van der Waals surface area contributed by atoms with Crippen LogP contribution in [-0.2, 0) is 11.3 Å². The molecular weight excluding hydrogens is 280 g/mol. The van der Waals surface area contributed by atoms with Gasteiger partial charge < -0.3 is 15.0 Å². The van der Waals surface area contributed by atoms with Crippen molar-refractivity contribution in [3.05, 3.63) is 36.0 Å². The second-order valence-electron chi connectivity index (χ2n) is 5.80. The molecule has 3 rings (SSSR count). The van der Waals surface area contributed by atoms with E-state index in [-0.39, 0.29) is 11.9 Å². The van der Waals surface area contributed by atoms with Gasteiger partial charge in [0.05, 0.1) is 11.5 Å². The van der Waals surface area contributed by atoms with Crippen molar-refractivity contribution < 1.29 is 14.7 Å². The van der Waals surface area contributed by atoms with E-state index in [1.807, 2.05) is 42.0 Å². The Morgan fingerprint density at radius 2 is 2.09 bits per heavy atom. The lowest BCUT2D eigenvalue weighted by atomic mass is 10.0. The minimum atomic E-state index is -0.821. The first-order chi connectivity index (χ1) is 10.6. The number of amides is 1. The number of nitrogens with zero attached hydrogens (tertiary/aromatic N) is 1. The van der Waals surface area contributed by atoms with Crippen molar-refractivity contribution >= 4 is 22.8 Å². The molecule has 1 heterocycles. The van der Waals surface area contributed by atoms with Crippen molar-refractivity contribution in [2.24, 2.45) is 5.92 Å². The van der Waals surface area contributed by atoms with E-state index in [0.717, 1.165) is 30.3 Å². The molecule has 0 bridgehead atoms. The molecule has 5 nitrogen and oxygen atoms in total. The highest BCUT2D eigenvalue weighted by molar-refractivity contribution is 6.07. The summed E-state index contributed by atoms with van der Waals surface area (Å²) in [7, 11) is 0. The molecule has 1 aliphatic rings. The molecule has 0 radical (unpaired) electrons. The molecule has 0 unspecified atom stereocenters. The summed E-state index contributed by atoms with van der Waals surface area (Å²) in [5, 5.41) is 13.1. The predicted octanol–water partition coefficient (Wildman–Crippen LogP) is 2.64. The quantitative estimate of drug-likeness (QED) is 0.912. The van der Waals surface area contributed by atoms with E-state index in [9.17, 15) is 14.7 Å². The highest BCUT2D eigenvalue weighted by atomic mass is 16.4. The van der Waals surface area contributed by atoms with Crippen molar-refractivity contribution in [2.45, 2.75) is 38.8 Å². The fraction of sp³-hybridized carbons (Fsp3) is 0.412. The standard InChI is InChI=1S/C17H20N2O3/c1-2-19-10-13(11-6-3-4-9-15(11)19)16(20)18-14-8-5-7-12(14)17(21)22/h3-4,6,9-10,12,14H,2,5,7-8H2,1H3,(H,18,20)(H,21,22)/t12-,14+/m0/s1. The molecule has 116 valence electrons. The number of nitrogens with one attached hydrogen (secondary N) is 1. The Kier molecular flexibility index (Phi) is 3.88. The van der Waals surface area contributed by atoms with Gasteiger partial charge in [0.15, 0.2) is 0 Å². The number of aryl methyl sites for hydroxylation is 1. The summed E-state index contributed by atoms with van der Waals surface area (Å²) in [4.78, 5) is 23.8. The second-order valence-corrected chi connectivity index (χ2v) is 5.80. The van der Waals surface area contributed by atoms with Crippen LogP contribution in [0.4, 0.5) is 0 Å². The van der Waals surface area contributed by atoms with Crippen molar-refractivity contribution in [1.82, 2.24) is 9.88 Å². The van der Waals surface area contributed by atoms with Crippen LogP contribution < -0.4 is 5.32 Å². The van der Waals surface area contributed by atoms with Crippen LogP contribution in [0.1, 0.15) is 36.5 Å². The molecular formula is C17H20N2O3. The molecule has 1 amide bonds. The Bertz CT molecular complexity index is 720. The number of fused-ring (bicyclic) bond motifs is 1. The zero-order valence-electron chi connectivity index (χ0n) is 12.6. The minimum Gasteiger partial charge on any atom is -0.481 e. The average Bonchev–Trinajstić information content (AvgIpc) is 3.11. The number of aromatic nitrogens is 1. The van der Waals surface area contributed by atoms with Gasteiger partial charge in [-0.25, -0.2) is 0 Å². The summed E-state index contributed by atoms with van der Waals surface area (Å²) in [6.45, 7) is 2.82. The van der Waals surface area contributed by atoms with Crippen LogP contribution in [0.3, 0.4) is 0 Å². The lowest BCUT2D eigenvalue weighted by Crippen LogP contribution is -2.40. The van der Waals surface area contributed by atoms with Gasteiger partial charge in [-0.05, 0) is 25.8 Å². The largest absolute Gasteiger partial charge is 0.481 e. The van der Waals surface area contributed by atoms with E-state index in [1.165, 1.54) is 0 Å². The van der Waals surface area contributed by atoms with Crippen LogP contribution in [0.5, 0.6) is 0 Å². The third-order valence-corrected chi connectivity index (χ3v) is 4.52. The van der Waals surface area contributed by atoms with Gasteiger partial charge in [0.25, 0.3) is 5.91 Å². The molecule has 0 aliphatic heterocycles. The van der Waals surface area contributed by atoms with Gasteiger partial charge in [-0.2, -0.15) is 0 Å². The first-order valence-electron chi connectivity index (χ1n) is 7.73. The van der Waals surface area contributed by atoms with Crippen LogP contribution in [-0.4, -0.2) is 27.6 Å². The van der Waals surface area contributed by atoms with Crippen LogP contribution >= 0.6 is 0 Å². The fourth-order valence-electron chi connectivity index (χ4n) is 3.36. The zero-order chi connectivity index (χ0) is 15.7. The number of hydrogen-bond acceptors (Lipinski definition) is 2. The third-order valence-electron chi connectivity index (χ3n) is 4.52. The van der Waals surface area contributed by atoms with Gasteiger partial charge in [-0.1, -0.05) is 24.6 Å². The minimum absolute atomic E-state index is 0.179. The van der Waals surface area contributed by atoms with Gasteiger partial charge in [-0.15, -0.1) is 0 Å². The fourth-order valence-corrected chi connectivity index (χ4v) is 3.36. The van der Waals surface area contributed by atoms with E-state index in [2.05, 4.69) is 5.32 Å².